The van der Waals surface area contributed by atoms with E-state index in [0.29, 0.717) is 6.54 Å². The number of hydrogen-bond donors (Lipinski definition) is 0. The maximum absolute atomic E-state index is 9.01. The normalized spacial score (nSPS) is 10.9. The zero-order chi connectivity index (χ0) is 12.7. The van der Waals surface area contributed by atoms with Gasteiger partial charge in [-0.15, -0.1) is 0 Å². The number of nitrogens with zero attached hydrogens (tertiary/aromatic N) is 3. The summed E-state index contributed by atoms with van der Waals surface area (Å²) in [6.45, 7) is 4.36. The number of benzene rings is 1. The lowest BCUT2D eigenvalue weighted by atomic mass is 10.1. The molecule has 3 nitrogen and oxygen atoms in total. The van der Waals surface area contributed by atoms with Gasteiger partial charge in [0.2, 0.25) is 0 Å². The Bertz CT molecular complexity index is 791. The molecule has 0 atom stereocenters. The lowest BCUT2D eigenvalue weighted by Gasteiger charge is -2.04. The van der Waals surface area contributed by atoms with Crippen LogP contribution < -0.4 is 0 Å². The summed E-state index contributed by atoms with van der Waals surface area (Å²) in [5, 5.41) is 11.4. The van der Waals surface area contributed by atoms with E-state index in [9.17, 15) is 0 Å². The summed E-state index contributed by atoms with van der Waals surface area (Å²) in [7, 11) is 0. The fourth-order valence-electron chi connectivity index (χ4n) is 2.66. The summed E-state index contributed by atoms with van der Waals surface area (Å²) >= 11 is 0. The van der Waals surface area contributed by atoms with Crippen molar-refractivity contribution in [1.82, 2.24) is 9.55 Å². The van der Waals surface area contributed by atoms with Crippen molar-refractivity contribution in [3.63, 3.8) is 0 Å². The van der Waals surface area contributed by atoms with Crippen LogP contribution in [-0.2, 0) is 6.54 Å². The minimum Gasteiger partial charge on any atom is -0.325 e. The number of aryl methyl sites for hydroxylation is 2. The number of pyridine rings is 1. The van der Waals surface area contributed by atoms with Crippen molar-refractivity contribution >= 4 is 21.8 Å². The van der Waals surface area contributed by atoms with Crippen LogP contribution in [0.15, 0.2) is 30.3 Å². The first-order valence-electron chi connectivity index (χ1n) is 5.94. The van der Waals surface area contributed by atoms with Crippen LogP contribution in [0.4, 0.5) is 0 Å². The van der Waals surface area contributed by atoms with E-state index in [1.54, 1.807) is 0 Å². The van der Waals surface area contributed by atoms with Gasteiger partial charge in [0, 0.05) is 16.5 Å². The zero-order valence-electron chi connectivity index (χ0n) is 10.4. The van der Waals surface area contributed by atoms with Gasteiger partial charge in [-0.05, 0) is 26.0 Å². The molecule has 18 heavy (non-hydrogen) atoms. The van der Waals surface area contributed by atoms with Crippen LogP contribution in [0.5, 0.6) is 0 Å². The van der Waals surface area contributed by atoms with E-state index >= 15 is 0 Å². The molecule has 0 saturated carbocycles. The molecule has 2 aromatic heterocycles. The third-order valence-electron chi connectivity index (χ3n) is 3.28. The van der Waals surface area contributed by atoms with Gasteiger partial charge >= 0.3 is 0 Å². The fourth-order valence-corrected chi connectivity index (χ4v) is 2.66. The van der Waals surface area contributed by atoms with Crippen LogP contribution in [0.3, 0.4) is 0 Å². The van der Waals surface area contributed by atoms with Crippen LogP contribution in [-0.4, -0.2) is 9.55 Å². The van der Waals surface area contributed by atoms with E-state index in [0.717, 1.165) is 22.4 Å². The molecule has 0 spiro atoms. The maximum atomic E-state index is 9.01. The highest BCUT2D eigenvalue weighted by molar-refractivity contribution is 6.08. The Morgan fingerprint density at radius 3 is 2.78 bits per heavy atom. The maximum Gasteiger partial charge on any atom is 0.110 e. The number of aromatic nitrogens is 2. The molecule has 0 radical (unpaired) electrons. The largest absolute Gasteiger partial charge is 0.325 e. The average molecular weight is 235 g/mol. The number of nitriles is 1. The lowest BCUT2D eigenvalue weighted by Crippen LogP contribution is -1.98. The predicted octanol–water partition coefficient (Wildman–Crippen LogP) is 3.33. The Kier molecular flexibility index (Phi) is 2.31. The molecular formula is C15H13N3. The second kappa shape index (κ2) is 3.85. The van der Waals surface area contributed by atoms with Crippen LogP contribution in [0, 0.1) is 25.2 Å². The Morgan fingerprint density at radius 2 is 2.00 bits per heavy atom. The first kappa shape index (κ1) is 10.8. The summed E-state index contributed by atoms with van der Waals surface area (Å²) in [6, 6.07) is 12.5. The summed E-state index contributed by atoms with van der Waals surface area (Å²) in [4.78, 5) is 4.51. The minimum atomic E-state index is 0.357. The molecule has 0 unspecified atom stereocenters. The predicted molar refractivity (Wildman–Crippen MR) is 72.3 cm³/mol. The van der Waals surface area contributed by atoms with E-state index in [-0.39, 0.29) is 0 Å². The topological polar surface area (TPSA) is 41.6 Å². The Morgan fingerprint density at radius 1 is 1.22 bits per heavy atom. The second-order valence-electron chi connectivity index (χ2n) is 4.51. The molecular weight excluding hydrogens is 222 g/mol. The molecule has 88 valence electrons. The highest BCUT2D eigenvalue weighted by Crippen LogP contribution is 2.30. The first-order valence-corrected chi connectivity index (χ1v) is 5.94. The molecule has 0 saturated heterocycles. The van der Waals surface area contributed by atoms with Crippen molar-refractivity contribution in [2.75, 3.05) is 0 Å². The molecule has 0 bridgehead atoms. The van der Waals surface area contributed by atoms with Gasteiger partial charge in [0.15, 0.2) is 0 Å². The van der Waals surface area contributed by atoms with Crippen molar-refractivity contribution in [3.8, 4) is 6.07 Å². The molecule has 0 aliphatic carbocycles. The van der Waals surface area contributed by atoms with E-state index in [1.165, 1.54) is 10.8 Å². The van der Waals surface area contributed by atoms with E-state index in [1.807, 2.05) is 30.5 Å². The molecule has 0 amide bonds. The summed E-state index contributed by atoms with van der Waals surface area (Å²) in [5.74, 6) is 0. The Balaban J connectivity index is 2.59. The number of para-hydroxylation sites is 1. The molecule has 0 N–H and O–H groups in total. The van der Waals surface area contributed by atoms with Gasteiger partial charge in [-0.25, -0.2) is 0 Å². The Hall–Kier alpha value is -2.34. The second-order valence-corrected chi connectivity index (χ2v) is 4.51. The quantitative estimate of drug-likeness (QED) is 0.649. The SMILES string of the molecule is Cc1cc2c3ccccc3n(CC#N)c2c(C)n1. The molecule has 2 heterocycles. The van der Waals surface area contributed by atoms with Gasteiger partial charge in [-0.1, -0.05) is 18.2 Å². The minimum absolute atomic E-state index is 0.357. The van der Waals surface area contributed by atoms with Crippen molar-refractivity contribution in [2.24, 2.45) is 0 Å². The van der Waals surface area contributed by atoms with Gasteiger partial charge in [0.1, 0.15) is 6.54 Å². The highest BCUT2D eigenvalue weighted by Gasteiger charge is 2.12. The molecule has 0 aliphatic heterocycles. The summed E-state index contributed by atoms with van der Waals surface area (Å²) in [6.07, 6.45) is 0. The standard InChI is InChI=1S/C15H13N3/c1-10-9-13-12-5-3-4-6-14(12)18(8-7-16)15(13)11(2)17-10/h3-6,9H,8H2,1-2H3. The van der Waals surface area contributed by atoms with Crippen molar-refractivity contribution < 1.29 is 0 Å². The molecule has 3 aromatic rings. The van der Waals surface area contributed by atoms with Crippen molar-refractivity contribution in [2.45, 2.75) is 20.4 Å². The fraction of sp³-hybridized carbons (Fsp3) is 0.200. The molecule has 3 rings (SSSR count). The number of hydrogen-bond acceptors (Lipinski definition) is 2. The smallest absolute Gasteiger partial charge is 0.110 e. The van der Waals surface area contributed by atoms with E-state index in [2.05, 4.69) is 29.3 Å². The summed E-state index contributed by atoms with van der Waals surface area (Å²) < 4.78 is 2.05. The third kappa shape index (κ3) is 1.39. The molecule has 0 aliphatic rings. The van der Waals surface area contributed by atoms with Gasteiger partial charge in [0.05, 0.1) is 22.8 Å². The molecule has 3 heteroatoms. The van der Waals surface area contributed by atoms with Gasteiger partial charge in [-0.2, -0.15) is 5.26 Å². The average Bonchev–Trinajstić information content (AvgIpc) is 2.65. The van der Waals surface area contributed by atoms with Crippen LogP contribution >= 0.6 is 0 Å². The molecule has 1 aromatic carbocycles. The van der Waals surface area contributed by atoms with Crippen LogP contribution in [0.25, 0.3) is 21.8 Å². The molecule has 0 fully saturated rings. The van der Waals surface area contributed by atoms with Gasteiger partial charge in [-0.3, -0.25) is 4.98 Å². The van der Waals surface area contributed by atoms with Crippen LogP contribution in [0.1, 0.15) is 11.4 Å². The van der Waals surface area contributed by atoms with Gasteiger partial charge < -0.3 is 4.57 Å². The van der Waals surface area contributed by atoms with Gasteiger partial charge in [0.25, 0.3) is 0 Å². The number of fused-ring (bicyclic) bond motifs is 3. The summed E-state index contributed by atoms with van der Waals surface area (Å²) in [5.41, 5.74) is 4.17. The highest BCUT2D eigenvalue weighted by atomic mass is 15.0. The first-order chi connectivity index (χ1) is 8.72. The monoisotopic (exact) mass is 235 g/mol. The lowest BCUT2D eigenvalue weighted by molar-refractivity contribution is 0.900. The van der Waals surface area contributed by atoms with E-state index < -0.39 is 0 Å². The van der Waals surface area contributed by atoms with Crippen molar-refractivity contribution in [3.05, 3.63) is 41.7 Å². The van der Waals surface area contributed by atoms with Crippen LogP contribution in [0.2, 0.25) is 0 Å². The Labute approximate surface area is 105 Å². The zero-order valence-corrected chi connectivity index (χ0v) is 10.4. The van der Waals surface area contributed by atoms with Crippen molar-refractivity contribution in [1.29, 1.82) is 5.26 Å². The number of rotatable bonds is 1. The van der Waals surface area contributed by atoms with E-state index in [4.69, 9.17) is 5.26 Å². The third-order valence-corrected chi connectivity index (χ3v) is 3.28.